The molecule has 0 fully saturated rings. The topological polar surface area (TPSA) is 83.8 Å². The lowest BCUT2D eigenvalue weighted by Crippen LogP contribution is -2.39. The number of aromatic amines is 1. The number of anilines is 1. The van der Waals surface area contributed by atoms with Gasteiger partial charge in [-0.25, -0.2) is 0 Å². The van der Waals surface area contributed by atoms with Gasteiger partial charge in [-0.1, -0.05) is 34.1 Å². The zero-order chi connectivity index (χ0) is 13.7. The van der Waals surface area contributed by atoms with E-state index in [9.17, 15) is 4.79 Å². The molecule has 0 aromatic carbocycles. The van der Waals surface area contributed by atoms with Gasteiger partial charge in [0.15, 0.2) is 5.82 Å². The Labute approximate surface area is 121 Å². The number of nitrogens with one attached hydrogen (secondary N) is 2. The largest absolute Gasteiger partial charge is 0.320 e. The fraction of sp³-hybridized carbons (Fsp3) is 0.692. The average molecular weight is 289 g/mol. The molecule has 1 rings (SSSR count). The molecule has 0 spiro atoms. The number of carbonyl (C=O) groups is 1. The van der Waals surface area contributed by atoms with Crippen molar-refractivity contribution in [2.45, 2.75) is 52.5 Å². The second-order valence-electron chi connectivity index (χ2n) is 5.16. The lowest BCUT2D eigenvalue weighted by molar-refractivity contribution is -0.118. The molecule has 0 aliphatic carbocycles. The molecule has 1 unspecified atom stereocenters. The zero-order valence-corrected chi connectivity index (χ0v) is 12.9. The molecule has 1 heterocycles. The summed E-state index contributed by atoms with van der Waals surface area (Å²) in [6, 6.07) is 1.38. The van der Waals surface area contributed by atoms with Gasteiger partial charge in [0.2, 0.25) is 5.91 Å². The summed E-state index contributed by atoms with van der Waals surface area (Å²) < 4.78 is 0. The van der Waals surface area contributed by atoms with E-state index in [2.05, 4.69) is 29.4 Å². The van der Waals surface area contributed by atoms with Crippen molar-refractivity contribution in [1.82, 2.24) is 10.2 Å². The Balaban J connectivity index is 0.00000324. The molecule has 2 atom stereocenters. The number of halogens is 1. The molecule has 0 radical (unpaired) electrons. The molecule has 0 bridgehead atoms. The second-order valence-corrected chi connectivity index (χ2v) is 5.16. The van der Waals surface area contributed by atoms with Gasteiger partial charge in [0.1, 0.15) is 0 Å². The van der Waals surface area contributed by atoms with E-state index in [1.807, 2.05) is 19.9 Å². The predicted octanol–water partition coefficient (Wildman–Crippen LogP) is 2.66. The fourth-order valence-electron chi connectivity index (χ4n) is 1.75. The van der Waals surface area contributed by atoms with Gasteiger partial charge < -0.3 is 11.1 Å². The van der Waals surface area contributed by atoms with Crippen molar-refractivity contribution < 1.29 is 4.79 Å². The number of nitrogens with zero attached hydrogens (tertiary/aromatic N) is 1. The number of nitrogens with two attached hydrogens (primary N) is 1. The van der Waals surface area contributed by atoms with E-state index in [1.54, 1.807) is 0 Å². The van der Waals surface area contributed by atoms with Crippen LogP contribution >= 0.6 is 12.4 Å². The SMILES string of the molecule is CCCC(C)c1cc(NC(=O)[C@@H](N)C(C)C)n[nH]1.Cl. The van der Waals surface area contributed by atoms with Crippen LogP contribution in [0.3, 0.4) is 0 Å². The summed E-state index contributed by atoms with van der Waals surface area (Å²) in [7, 11) is 0. The average Bonchev–Trinajstić information content (AvgIpc) is 2.76. The highest BCUT2D eigenvalue weighted by Gasteiger charge is 2.18. The van der Waals surface area contributed by atoms with Gasteiger partial charge in [-0.3, -0.25) is 9.89 Å². The standard InChI is InChI=1S/C13H24N4O.ClH/c1-5-6-9(4)10-7-11(17-16-10)15-13(18)12(14)8(2)3;/h7-9,12H,5-6,14H2,1-4H3,(H2,15,16,17,18);1H/t9?,12-;/m0./s1. The number of amides is 1. The lowest BCUT2D eigenvalue weighted by Gasteiger charge is -2.13. The number of aromatic nitrogens is 2. The Morgan fingerprint density at radius 2 is 2.11 bits per heavy atom. The van der Waals surface area contributed by atoms with Crippen LogP contribution in [-0.2, 0) is 4.79 Å². The first-order chi connectivity index (χ1) is 8.45. The summed E-state index contributed by atoms with van der Waals surface area (Å²) in [4.78, 5) is 11.8. The van der Waals surface area contributed by atoms with Crippen LogP contribution in [0, 0.1) is 5.92 Å². The first-order valence-corrected chi connectivity index (χ1v) is 6.57. The summed E-state index contributed by atoms with van der Waals surface area (Å²) >= 11 is 0. The maximum absolute atomic E-state index is 11.8. The maximum Gasteiger partial charge on any atom is 0.242 e. The zero-order valence-electron chi connectivity index (χ0n) is 12.1. The first-order valence-electron chi connectivity index (χ1n) is 6.57. The summed E-state index contributed by atoms with van der Waals surface area (Å²) in [6.45, 7) is 8.13. The smallest absolute Gasteiger partial charge is 0.242 e. The van der Waals surface area contributed by atoms with Gasteiger partial charge in [-0.15, -0.1) is 12.4 Å². The van der Waals surface area contributed by atoms with Gasteiger partial charge in [0.25, 0.3) is 0 Å². The number of rotatable bonds is 6. The van der Waals surface area contributed by atoms with Crippen LogP contribution in [0.4, 0.5) is 5.82 Å². The van der Waals surface area contributed by atoms with Gasteiger partial charge in [0.05, 0.1) is 6.04 Å². The van der Waals surface area contributed by atoms with E-state index >= 15 is 0 Å². The van der Waals surface area contributed by atoms with Gasteiger partial charge in [0, 0.05) is 11.8 Å². The van der Waals surface area contributed by atoms with Crippen molar-refractivity contribution in [3.63, 3.8) is 0 Å². The molecule has 0 saturated heterocycles. The summed E-state index contributed by atoms with van der Waals surface area (Å²) in [6.07, 6.45) is 2.22. The monoisotopic (exact) mass is 288 g/mol. The molecule has 1 aromatic heterocycles. The van der Waals surface area contributed by atoms with E-state index in [0.717, 1.165) is 18.5 Å². The third kappa shape index (κ3) is 5.20. The van der Waals surface area contributed by atoms with Crippen molar-refractivity contribution in [2.24, 2.45) is 11.7 Å². The normalized spacial score (nSPS) is 13.8. The van der Waals surface area contributed by atoms with Crippen LogP contribution in [-0.4, -0.2) is 22.1 Å². The van der Waals surface area contributed by atoms with Gasteiger partial charge in [-0.05, 0) is 18.3 Å². The van der Waals surface area contributed by atoms with E-state index in [-0.39, 0.29) is 24.2 Å². The minimum atomic E-state index is -0.502. The first kappa shape index (κ1) is 17.9. The minimum absolute atomic E-state index is 0. The third-order valence-corrected chi connectivity index (χ3v) is 3.12. The molecular weight excluding hydrogens is 264 g/mol. The molecule has 6 heteroatoms. The van der Waals surface area contributed by atoms with Crippen LogP contribution < -0.4 is 11.1 Å². The third-order valence-electron chi connectivity index (χ3n) is 3.12. The van der Waals surface area contributed by atoms with Crippen molar-refractivity contribution in [3.05, 3.63) is 11.8 Å². The van der Waals surface area contributed by atoms with Crippen LogP contribution in [0.5, 0.6) is 0 Å². The molecule has 110 valence electrons. The summed E-state index contributed by atoms with van der Waals surface area (Å²) in [5.74, 6) is 0.898. The molecular formula is C13H25ClN4O. The van der Waals surface area contributed by atoms with Crippen LogP contribution in [0.2, 0.25) is 0 Å². The molecule has 0 saturated carbocycles. The molecule has 1 aromatic rings. The second kappa shape index (κ2) is 8.17. The Kier molecular flexibility index (Phi) is 7.71. The van der Waals surface area contributed by atoms with E-state index in [0.29, 0.717) is 11.7 Å². The Morgan fingerprint density at radius 3 is 2.63 bits per heavy atom. The highest BCUT2D eigenvalue weighted by atomic mass is 35.5. The van der Waals surface area contributed by atoms with Gasteiger partial charge in [-0.2, -0.15) is 5.10 Å². The minimum Gasteiger partial charge on any atom is -0.320 e. The number of H-pyrrole nitrogens is 1. The summed E-state index contributed by atoms with van der Waals surface area (Å²) in [5, 5.41) is 9.78. The number of hydrogen-bond donors (Lipinski definition) is 3. The number of hydrogen-bond acceptors (Lipinski definition) is 3. The van der Waals surface area contributed by atoms with E-state index in [4.69, 9.17) is 5.73 Å². The highest BCUT2D eigenvalue weighted by Crippen LogP contribution is 2.20. The van der Waals surface area contributed by atoms with Gasteiger partial charge >= 0.3 is 0 Å². The van der Waals surface area contributed by atoms with Crippen molar-refractivity contribution in [2.75, 3.05) is 5.32 Å². The number of carbonyl (C=O) groups excluding carboxylic acids is 1. The van der Waals surface area contributed by atoms with Crippen molar-refractivity contribution >= 4 is 24.1 Å². The Bertz CT molecular complexity index is 392. The van der Waals surface area contributed by atoms with Crippen molar-refractivity contribution in [1.29, 1.82) is 0 Å². The predicted molar refractivity (Wildman–Crippen MR) is 80.6 cm³/mol. The van der Waals surface area contributed by atoms with Crippen LogP contribution in [0.25, 0.3) is 0 Å². The highest BCUT2D eigenvalue weighted by molar-refractivity contribution is 5.94. The quantitative estimate of drug-likeness (QED) is 0.752. The van der Waals surface area contributed by atoms with Crippen LogP contribution in [0.1, 0.15) is 52.1 Å². The molecule has 1 amide bonds. The lowest BCUT2D eigenvalue weighted by atomic mass is 10.0. The summed E-state index contributed by atoms with van der Waals surface area (Å²) in [5.41, 5.74) is 6.82. The maximum atomic E-state index is 11.8. The van der Waals surface area contributed by atoms with Crippen LogP contribution in [0.15, 0.2) is 6.07 Å². The fourth-order valence-corrected chi connectivity index (χ4v) is 1.75. The molecule has 19 heavy (non-hydrogen) atoms. The Hall–Kier alpha value is -1.07. The molecule has 4 N–H and O–H groups in total. The molecule has 5 nitrogen and oxygen atoms in total. The molecule has 0 aliphatic rings. The molecule has 0 aliphatic heterocycles. The Morgan fingerprint density at radius 1 is 1.47 bits per heavy atom. The van der Waals surface area contributed by atoms with Crippen molar-refractivity contribution in [3.8, 4) is 0 Å². The van der Waals surface area contributed by atoms with E-state index < -0.39 is 6.04 Å². The van der Waals surface area contributed by atoms with E-state index in [1.165, 1.54) is 0 Å².